The van der Waals surface area contributed by atoms with Crippen LogP contribution in [-0.4, -0.2) is 6.17 Å². The van der Waals surface area contributed by atoms with E-state index < -0.39 is 35.4 Å². The third-order valence-corrected chi connectivity index (χ3v) is 7.77. The molecule has 0 heterocycles. The first-order valence-electron chi connectivity index (χ1n) is 16.2. The van der Waals surface area contributed by atoms with Crippen molar-refractivity contribution < 1.29 is 22.0 Å². The number of allylic oxidation sites excluding steroid dienone is 16. The van der Waals surface area contributed by atoms with E-state index in [9.17, 15) is 22.0 Å². The minimum absolute atomic E-state index is 0. The Morgan fingerprint density at radius 1 is 0.682 bits per heavy atom. The molecule has 44 heavy (non-hydrogen) atoms. The molecule has 4 aliphatic rings. The van der Waals surface area contributed by atoms with Crippen molar-refractivity contribution in [1.29, 1.82) is 0 Å². The molecule has 0 saturated heterocycles. The first-order valence-corrected chi connectivity index (χ1v) is 16.2. The highest BCUT2D eigenvalue weighted by molar-refractivity contribution is 5.33. The molecule has 0 aromatic carbocycles. The van der Waals surface area contributed by atoms with E-state index in [4.69, 9.17) is 0 Å². The SMILES string of the molecule is C.CC1C=CC=CC1.CCCC1C(F)=C(F)C(F)=C(F)C1F.CCCC1C=CC(C(C)(C)C)=CC1.CCCC1C=CC=CC1. The van der Waals surface area contributed by atoms with E-state index in [-0.39, 0.29) is 13.8 Å². The molecule has 0 saturated carbocycles. The van der Waals surface area contributed by atoms with Crippen LogP contribution in [0.2, 0.25) is 0 Å². The van der Waals surface area contributed by atoms with E-state index >= 15 is 0 Å². The van der Waals surface area contributed by atoms with Crippen LogP contribution in [0.5, 0.6) is 0 Å². The molecule has 250 valence electrons. The standard InChI is InChI=1S/C13H22.C9H9F5.C9H14.C7H10.CH4/c1-5-6-11-7-9-12(10-8-11)13(2,3)4;1-2-3-4-5(10)7(12)9(14)8(13)6(4)11;1-2-6-9-7-4-3-5-8-9;1-7-5-3-2-4-6-7;/h7,9-11H,5-6,8H2,1-4H3;4-5H,2-3H2,1H3;3-5,7,9H,2,6,8H2,1H3;2-5,7H,6H2,1H3;1H4. The number of hydrogen-bond donors (Lipinski definition) is 0. The fraction of sp³-hybridized carbons (Fsp3) is 0.590. The number of alkyl halides is 1. The van der Waals surface area contributed by atoms with E-state index in [1.807, 2.05) is 0 Å². The van der Waals surface area contributed by atoms with Crippen LogP contribution in [0.15, 0.2) is 95.7 Å². The first kappa shape index (κ1) is 41.6. The fourth-order valence-corrected chi connectivity index (χ4v) is 5.11. The van der Waals surface area contributed by atoms with E-state index in [1.54, 1.807) is 6.92 Å². The summed E-state index contributed by atoms with van der Waals surface area (Å²) in [6.45, 7) is 15.2. The van der Waals surface area contributed by atoms with Crippen LogP contribution in [0, 0.1) is 29.1 Å². The Balaban J connectivity index is 0.000000573. The minimum Gasteiger partial charge on any atom is -0.239 e. The molecule has 0 aromatic heterocycles. The van der Waals surface area contributed by atoms with Crippen molar-refractivity contribution in [1.82, 2.24) is 0 Å². The molecule has 0 fully saturated rings. The summed E-state index contributed by atoms with van der Waals surface area (Å²) in [5.74, 6) is -6.46. The van der Waals surface area contributed by atoms with Gasteiger partial charge in [0.05, 0.1) is 5.92 Å². The Hall–Kier alpha value is -2.43. The quantitative estimate of drug-likeness (QED) is 0.259. The zero-order chi connectivity index (χ0) is 32.4. The molecule has 0 aromatic rings. The van der Waals surface area contributed by atoms with Gasteiger partial charge >= 0.3 is 0 Å². The van der Waals surface area contributed by atoms with Crippen LogP contribution in [-0.2, 0) is 0 Å². The summed E-state index contributed by atoms with van der Waals surface area (Å²) in [6, 6.07) is 0. The maximum absolute atomic E-state index is 13.0. The number of halogens is 5. The predicted octanol–water partition coefficient (Wildman–Crippen LogP) is 14.1. The van der Waals surface area contributed by atoms with Gasteiger partial charge in [0.1, 0.15) is 5.83 Å². The Morgan fingerprint density at radius 2 is 1.20 bits per heavy atom. The van der Waals surface area contributed by atoms with Gasteiger partial charge in [-0.15, -0.1) is 0 Å². The van der Waals surface area contributed by atoms with Gasteiger partial charge in [0.2, 0.25) is 0 Å². The van der Waals surface area contributed by atoms with Gasteiger partial charge in [-0.05, 0) is 67.3 Å². The highest BCUT2D eigenvalue weighted by atomic mass is 19.2. The second kappa shape index (κ2) is 22.1. The summed E-state index contributed by atoms with van der Waals surface area (Å²) in [5, 5.41) is 0. The highest BCUT2D eigenvalue weighted by Gasteiger charge is 2.39. The molecule has 0 nitrogen and oxygen atoms in total. The van der Waals surface area contributed by atoms with Gasteiger partial charge in [-0.1, -0.05) is 142 Å². The lowest BCUT2D eigenvalue weighted by molar-refractivity contribution is 0.196. The summed E-state index contributed by atoms with van der Waals surface area (Å²) in [7, 11) is 0. The lowest BCUT2D eigenvalue weighted by atomic mass is 9.81. The number of hydrogen-bond acceptors (Lipinski definition) is 0. The Labute approximate surface area is 266 Å². The van der Waals surface area contributed by atoms with E-state index in [0.717, 1.165) is 17.8 Å². The monoisotopic (exact) mass is 622 g/mol. The fourth-order valence-electron chi connectivity index (χ4n) is 5.11. The summed E-state index contributed by atoms with van der Waals surface area (Å²) < 4.78 is 63.7. The van der Waals surface area contributed by atoms with Crippen molar-refractivity contribution >= 4 is 0 Å². The molecule has 0 N–H and O–H groups in total. The summed E-state index contributed by atoms with van der Waals surface area (Å²) >= 11 is 0. The van der Waals surface area contributed by atoms with Crippen LogP contribution < -0.4 is 0 Å². The smallest absolute Gasteiger partial charge is 0.195 e. The van der Waals surface area contributed by atoms with Crippen LogP contribution in [0.1, 0.15) is 114 Å². The van der Waals surface area contributed by atoms with Crippen molar-refractivity contribution in [3.8, 4) is 0 Å². The molecule has 4 rings (SSSR count). The van der Waals surface area contributed by atoms with Gasteiger partial charge in [-0.2, -0.15) is 0 Å². The Morgan fingerprint density at radius 3 is 1.59 bits per heavy atom. The first-order chi connectivity index (χ1) is 20.4. The molecule has 5 atom stereocenters. The van der Waals surface area contributed by atoms with E-state index in [2.05, 4.69) is 108 Å². The van der Waals surface area contributed by atoms with Crippen LogP contribution in [0.3, 0.4) is 0 Å². The van der Waals surface area contributed by atoms with Gasteiger partial charge < -0.3 is 0 Å². The van der Waals surface area contributed by atoms with E-state index in [0.29, 0.717) is 11.8 Å². The second-order valence-corrected chi connectivity index (χ2v) is 12.8. The van der Waals surface area contributed by atoms with Gasteiger partial charge in [-0.25, -0.2) is 22.0 Å². The molecule has 0 aliphatic heterocycles. The molecule has 5 heteroatoms. The van der Waals surface area contributed by atoms with Crippen molar-refractivity contribution in [3.05, 3.63) is 95.7 Å². The maximum atomic E-state index is 13.0. The van der Waals surface area contributed by atoms with Crippen LogP contribution in [0.4, 0.5) is 22.0 Å². The topological polar surface area (TPSA) is 0 Å². The summed E-state index contributed by atoms with van der Waals surface area (Å²) in [4.78, 5) is 0. The van der Waals surface area contributed by atoms with Crippen molar-refractivity contribution in [2.24, 2.45) is 29.1 Å². The molecule has 4 aliphatic carbocycles. The van der Waals surface area contributed by atoms with Gasteiger partial charge in [0, 0.05) is 0 Å². The zero-order valence-electron chi connectivity index (χ0n) is 27.5. The van der Waals surface area contributed by atoms with E-state index in [1.165, 1.54) is 50.5 Å². The maximum Gasteiger partial charge on any atom is 0.195 e. The molecule has 0 bridgehead atoms. The zero-order valence-corrected chi connectivity index (χ0v) is 27.5. The second-order valence-electron chi connectivity index (χ2n) is 12.8. The Bertz CT molecular complexity index is 1060. The van der Waals surface area contributed by atoms with Crippen molar-refractivity contribution in [2.75, 3.05) is 0 Å². The van der Waals surface area contributed by atoms with Gasteiger partial charge in [-0.3, -0.25) is 0 Å². The highest BCUT2D eigenvalue weighted by Crippen LogP contribution is 2.41. The predicted molar refractivity (Wildman–Crippen MR) is 182 cm³/mol. The Kier molecular flexibility index (Phi) is 20.9. The molecular weight excluding hydrogens is 563 g/mol. The minimum atomic E-state index is -2.41. The molecule has 0 spiro atoms. The average molecular weight is 623 g/mol. The van der Waals surface area contributed by atoms with Crippen molar-refractivity contribution in [3.63, 3.8) is 0 Å². The average Bonchev–Trinajstić information content (AvgIpc) is 2.99. The molecule has 5 unspecified atom stereocenters. The van der Waals surface area contributed by atoms with Gasteiger partial charge in [0.15, 0.2) is 23.7 Å². The molecular formula is C39H59F5. The lowest BCUT2D eigenvalue weighted by Crippen LogP contribution is -2.22. The van der Waals surface area contributed by atoms with Crippen molar-refractivity contribution in [2.45, 2.75) is 120 Å². The third kappa shape index (κ3) is 15.0. The summed E-state index contributed by atoms with van der Waals surface area (Å²) in [6.07, 6.45) is 31.5. The number of rotatable bonds is 6. The third-order valence-electron chi connectivity index (χ3n) is 7.77. The van der Waals surface area contributed by atoms with Crippen LogP contribution >= 0.6 is 0 Å². The van der Waals surface area contributed by atoms with Gasteiger partial charge in [0.25, 0.3) is 0 Å². The largest absolute Gasteiger partial charge is 0.239 e. The normalized spacial score (nSPS) is 25.5. The lowest BCUT2D eigenvalue weighted by Gasteiger charge is -2.24. The summed E-state index contributed by atoms with van der Waals surface area (Å²) in [5.41, 5.74) is 1.83. The van der Waals surface area contributed by atoms with Crippen LogP contribution in [0.25, 0.3) is 0 Å². The molecule has 0 amide bonds. The molecule has 0 radical (unpaired) electrons.